The number of carbonyl (C=O) groups is 1. The maximum absolute atomic E-state index is 12.2. The van der Waals surface area contributed by atoms with Crippen LogP contribution in [0.15, 0.2) is 46.8 Å². The molecule has 0 saturated heterocycles. The van der Waals surface area contributed by atoms with Crippen molar-refractivity contribution in [3.05, 3.63) is 58.0 Å². The van der Waals surface area contributed by atoms with Crippen molar-refractivity contribution >= 4 is 33.1 Å². The van der Waals surface area contributed by atoms with Crippen LogP contribution in [0.4, 0.5) is 5.69 Å². The van der Waals surface area contributed by atoms with E-state index in [1.165, 1.54) is 22.2 Å². The Hall–Kier alpha value is -2.47. The highest BCUT2D eigenvalue weighted by atomic mass is 32.1. The first-order chi connectivity index (χ1) is 10.1. The first-order valence-corrected chi connectivity index (χ1v) is 7.31. The summed E-state index contributed by atoms with van der Waals surface area (Å²) in [5, 5.41) is 5.17. The van der Waals surface area contributed by atoms with Crippen LogP contribution >= 0.6 is 11.3 Å². The van der Waals surface area contributed by atoms with Crippen LogP contribution in [-0.2, 0) is 11.3 Å². The molecule has 3 aromatic rings. The lowest BCUT2D eigenvalue weighted by molar-refractivity contribution is -0.116. The average molecular weight is 299 g/mol. The van der Waals surface area contributed by atoms with Gasteiger partial charge < -0.3 is 5.32 Å². The van der Waals surface area contributed by atoms with Gasteiger partial charge in [0.1, 0.15) is 11.4 Å². The van der Waals surface area contributed by atoms with E-state index in [9.17, 15) is 9.59 Å². The molecule has 0 aliphatic carbocycles. The van der Waals surface area contributed by atoms with Gasteiger partial charge in [0.15, 0.2) is 0 Å². The van der Waals surface area contributed by atoms with Crippen molar-refractivity contribution in [3.63, 3.8) is 0 Å². The van der Waals surface area contributed by atoms with E-state index in [1.807, 2.05) is 36.6 Å². The molecular weight excluding hydrogens is 286 g/mol. The molecule has 1 N–H and O–H groups in total. The zero-order valence-corrected chi connectivity index (χ0v) is 12.2. The SMILES string of the molecule is Cc1ccccc1NC(=O)Cn1cnc2sccc2c1=O. The highest BCUT2D eigenvalue weighted by Crippen LogP contribution is 2.14. The quantitative estimate of drug-likeness (QED) is 0.807. The molecule has 0 unspecified atom stereocenters. The molecule has 21 heavy (non-hydrogen) atoms. The maximum Gasteiger partial charge on any atom is 0.262 e. The molecule has 5 nitrogen and oxygen atoms in total. The monoisotopic (exact) mass is 299 g/mol. The normalized spacial score (nSPS) is 10.7. The van der Waals surface area contributed by atoms with Gasteiger partial charge in [0.25, 0.3) is 5.56 Å². The molecule has 0 radical (unpaired) electrons. The van der Waals surface area contributed by atoms with Crippen LogP contribution in [0.25, 0.3) is 10.2 Å². The summed E-state index contributed by atoms with van der Waals surface area (Å²) in [5.74, 6) is -0.247. The van der Waals surface area contributed by atoms with Crippen molar-refractivity contribution in [3.8, 4) is 0 Å². The number of amides is 1. The Balaban J connectivity index is 1.82. The summed E-state index contributed by atoms with van der Waals surface area (Å²) in [7, 11) is 0. The summed E-state index contributed by atoms with van der Waals surface area (Å²) in [4.78, 5) is 29.1. The van der Waals surface area contributed by atoms with Gasteiger partial charge in [0, 0.05) is 5.69 Å². The first-order valence-electron chi connectivity index (χ1n) is 6.43. The Morgan fingerprint density at radius 3 is 2.95 bits per heavy atom. The molecule has 1 aromatic carbocycles. The molecule has 106 valence electrons. The van der Waals surface area contributed by atoms with E-state index in [2.05, 4.69) is 10.3 Å². The van der Waals surface area contributed by atoms with E-state index < -0.39 is 0 Å². The summed E-state index contributed by atoms with van der Waals surface area (Å²) >= 11 is 1.41. The molecule has 0 aliphatic heterocycles. The predicted octanol–water partition coefficient (Wildman–Crippen LogP) is 2.41. The summed E-state index contributed by atoms with van der Waals surface area (Å²) in [6.07, 6.45) is 1.42. The van der Waals surface area contributed by atoms with Crippen molar-refractivity contribution in [2.75, 3.05) is 5.32 Å². The van der Waals surface area contributed by atoms with Crippen molar-refractivity contribution in [2.45, 2.75) is 13.5 Å². The van der Waals surface area contributed by atoms with Crippen LogP contribution in [0.2, 0.25) is 0 Å². The number of hydrogen-bond donors (Lipinski definition) is 1. The minimum absolute atomic E-state index is 0.0496. The highest BCUT2D eigenvalue weighted by molar-refractivity contribution is 7.16. The summed E-state index contributed by atoms with van der Waals surface area (Å²) < 4.78 is 1.32. The van der Waals surface area contributed by atoms with Crippen LogP contribution in [0, 0.1) is 6.92 Å². The fraction of sp³-hybridized carbons (Fsp3) is 0.133. The summed E-state index contributed by atoms with van der Waals surface area (Å²) in [6.45, 7) is 1.87. The van der Waals surface area contributed by atoms with E-state index in [0.717, 1.165) is 11.3 Å². The number of benzene rings is 1. The Kier molecular flexibility index (Phi) is 3.53. The van der Waals surface area contributed by atoms with Crippen molar-refractivity contribution in [1.82, 2.24) is 9.55 Å². The number of aromatic nitrogens is 2. The molecular formula is C15H13N3O2S. The van der Waals surface area contributed by atoms with E-state index in [1.54, 1.807) is 6.07 Å². The van der Waals surface area contributed by atoms with Gasteiger partial charge in [0.05, 0.1) is 11.7 Å². The van der Waals surface area contributed by atoms with Crippen LogP contribution in [0.3, 0.4) is 0 Å². The number of rotatable bonds is 3. The van der Waals surface area contributed by atoms with Crippen molar-refractivity contribution < 1.29 is 4.79 Å². The number of nitrogens with zero attached hydrogens (tertiary/aromatic N) is 2. The molecule has 0 atom stereocenters. The molecule has 2 heterocycles. The zero-order valence-electron chi connectivity index (χ0n) is 11.4. The van der Waals surface area contributed by atoms with Gasteiger partial charge in [-0.05, 0) is 30.0 Å². The lowest BCUT2D eigenvalue weighted by atomic mass is 10.2. The third kappa shape index (κ3) is 2.71. The van der Waals surface area contributed by atoms with Gasteiger partial charge in [-0.2, -0.15) is 0 Å². The third-order valence-electron chi connectivity index (χ3n) is 3.18. The number of carbonyl (C=O) groups excluding carboxylic acids is 1. The number of para-hydroxylation sites is 1. The smallest absolute Gasteiger partial charge is 0.262 e. The predicted molar refractivity (Wildman–Crippen MR) is 83.7 cm³/mol. The second kappa shape index (κ2) is 5.49. The van der Waals surface area contributed by atoms with Gasteiger partial charge in [-0.25, -0.2) is 4.98 Å². The minimum Gasteiger partial charge on any atom is -0.324 e. The van der Waals surface area contributed by atoms with Crippen LogP contribution in [0.5, 0.6) is 0 Å². The Morgan fingerprint density at radius 1 is 1.33 bits per heavy atom. The van der Waals surface area contributed by atoms with Gasteiger partial charge in [-0.3, -0.25) is 14.2 Å². The third-order valence-corrected chi connectivity index (χ3v) is 4.00. The number of aryl methyl sites for hydroxylation is 1. The molecule has 6 heteroatoms. The molecule has 0 spiro atoms. The lowest BCUT2D eigenvalue weighted by Crippen LogP contribution is -2.27. The summed E-state index contributed by atoms with van der Waals surface area (Å²) in [6, 6.07) is 9.24. The molecule has 1 amide bonds. The lowest BCUT2D eigenvalue weighted by Gasteiger charge is -2.09. The fourth-order valence-electron chi connectivity index (χ4n) is 2.06. The van der Waals surface area contributed by atoms with Gasteiger partial charge in [-0.15, -0.1) is 11.3 Å². The van der Waals surface area contributed by atoms with Crippen molar-refractivity contribution in [1.29, 1.82) is 0 Å². The van der Waals surface area contributed by atoms with E-state index in [0.29, 0.717) is 10.2 Å². The zero-order chi connectivity index (χ0) is 14.8. The molecule has 0 fully saturated rings. The van der Waals surface area contributed by atoms with Crippen LogP contribution in [-0.4, -0.2) is 15.5 Å². The van der Waals surface area contributed by atoms with Gasteiger partial charge in [-0.1, -0.05) is 18.2 Å². The van der Waals surface area contributed by atoms with Gasteiger partial charge >= 0.3 is 0 Å². The number of thiophene rings is 1. The number of hydrogen-bond acceptors (Lipinski definition) is 4. The average Bonchev–Trinajstić information content (AvgIpc) is 2.94. The standard InChI is InChI=1S/C15H13N3O2S/c1-10-4-2-3-5-12(10)17-13(19)8-18-9-16-14-11(15(18)20)6-7-21-14/h2-7,9H,8H2,1H3,(H,17,19). The molecule has 0 saturated carbocycles. The first kappa shape index (κ1) is 13.5. The number of fused-ring (bicyclic) bond motifs is 1. The number of nitrogens with one attached hydrogen (secondary N) is 1. The van der Waals surface area contributed by atoms with Gasteiger partial charge in [0.2, 0.25) is 5.91 Å². The molecule has 0 aliphatic rings. The second-order valence-corrected chi connectivity index (χ2v) is 5.57. The number of anilines is 1. The molecule has 2 aromatic heterocycles. The topological polar surface area (TPSA) is 64.0 Å². The van der Waals surface area contributed by atoms with E-state index in [-0.39, 0.29) is 18.0 Å². The minimum atomic E-state index is -0.247. The Bertz CT molecular complexity index is 866. The summed E-state index contributed by atoms with van der Waals surface area (Å²) in [5.41, 5.74) is 1.53. The largest absolute Gasteiger partial charge is 0.324 e. The second-order valence-electron chi connectivity index (χ2n) is 4.68. The molecule has 3 rings (SSSR count). The van der Waals surface area contributed by atoms with E-state index in [4.69, 9.17) is 0 Å². The highest BCUT2D eigenvalue weighted by Gasteiger charge is 2.09. The van der Waals surface area contributed by atoms with Crippen molar-refractivity contribution in [2.24, 2.45) is 0 Å². The Labute approximate surface area is 124 Å². The maximum atomic E-state index is 12.2. The molecule has 0 bridgehead atoms. The van der Waals surface area contributed by atoms with Crippen LogP contribution in [0.1, 0.15) is 5.56 Å². The Morgan fingerprint density at radius 2 is 2.14 bits per heavy atom. The fourth-order valence-corrected chi connectivity index (χ4v) is 2.79. The van der Waals surface area contributed by atoms with E-state index >= 15 is 0 Å². The van der Waals surface area contributed by atoms with Crippen LogP contribution < -0.4 is 10.9 Å².